The number of alkyl halides is 1. The maximum atomic E-state index is 10.7. The van der Waals surface area contributed by atoms with E-state index in [1.807, 2.05) is 0 Å². The molecule has 1 unspecified atom stereocenters. The minimum atomic E-state index is -4.31. The molecule has 0 aliphatic carbocycles. The van der Waals surface area contributed by atoms with Crippen LogP contribution in [0.3, 0.4) is 0 Å². The summed E-state index contributed by atoms with van der Waals surface area (Å²) in [5.74, 6) is 0. The zero-order valence-electron chi connectivity index (χ0n) is 10.0. The van der Waals surface area contributed by atoms with Gasteiger partial charge in [-0.1, -0.05) is 48.1 Å². The van der Waals surface area contributed by atoms with Gasteiger partial charge in [0.05, 0.1) is 4.90 Å². The molecule has 0 aliphatic rings. The molecule has 4 nitrogen and oxygen atoms in total. The zero-order valence-corrected chi connectivity index (χ0v) is 13.0. The fourth-order valence-corrected chi connectivity index (χ4v) is 3.06. The van der Waals surface area contributed by atoms with Crippen LogP contribution in [-0.2, 0) is 16.5 Å². The fourth-order valence-electron chi connectivity index (χ4n) is 1.46. The molecule has 4 N–H and O–H groups in total. The monoisotopic (exact) mass is 371 g/mol. The third-order valence-electron chi connectivity index (χ3n) is 2.27. The summed E-state index contributed by atoms with van der Waals surface area (Å²) in [5, 5.41) is 0. The van der Waals surface area contributed by atoms with Crippen molar-refractivity contribution in [1.29, 1.82) is 0 Å². The number of benzene rings is 1. The van der Waals surface area contributed by atoms with E-state index in [0.717, 1.165) is 24.8 Å². The lowest BCUT2D eigenvalue weighted by molar-refractivity contribution is 0.463. The first-order valence-electron chi connectivity index (χ1n) is 5.12. The highest BCUT2D eigenvalue weighted by Gasteiger charge is 2.05. The molecule has 0 heterocycles. The van der Waals surface area contributed by atoms with Gasteiger partial charge in [0.2, 0.25) is 0 Å². The molecule has 0 bridgehead atoms. The Morgan fingerprint density at radius 2 is 1.82 bits per heavy atom. The van der Waals surface area contributed by atoms with Gasteiger partial charge >= 0.3 is 0 Å². The molecule has 0 spiro atoms. The molecule has 0 aromatic heterocycles. The Labute approximate surface area is 116 Å². The van der Waals surface area contributed by atoms with E-state index in [1.165, 1.54) is 12.1 Å². The third-order valence-corrected chi connectivity index (χ3v) is 4.18. The molecule has 98 valence electrons. The summed E-state index contributed by atoms with van der Waals surface area (Å²) in [4.78, 5) is -0.156. The predicted molar refractivity (Wildman–Crippen MR) is 76.8 cm³/mol. The molecule has 1 rings (SSSR count). The molecule has 0 saturated carbocycles. The average molecular weight is 371 g/mol. The van der Waals surface area contributed by atoms with E-state index in [2.05, 4.69) is 29.5 Å². The fraction of sp³-hybridized carbons (Fsp3) is 0.455. The standard InChI is InChI=1S/C11H15IO3S.H3N/c1-2-3-10(12)8-9-4-6-11(7-5-9)16(13,14)15;/h4-7,10H,2-3,8H2,1H3,(H,13,14,15);1H3. The van der Waals surface area contributed by atoms with Crippen LogP contribution in [-0.4, -0.2) is 16.9 Å². The van der Waals surface area contributed by atoms with Crippen LogP contribution in [0.1, 0.15) is 25.3 Å². The second-order valence-corrected chi connectivity index (χ2v) is 6.83. The molecular weight excluding hydrogens is 353 g/mol. The van der Waals surface area contributed by atoms with E-state index in [1.54, 1.807) is 12.1 Å². The Morgan fingerprint density at radius 1 is 1.29 bits per heavy atom. The lowest BCUT2D eigenvalue weighted by Crippen LogP contribution is -2.03. The first kappa shape index (κ1) is 16.8. The summed E-state index contributed by atoms with van der Waals surface area (Å²) in [5.41, 5.74) is 1.07. The first-order valence-corrected chi connectivity index (χ1v) is 7.77. The van der Waals surface area contributed by atoms with E-state index in [4.69, 9.17) is 0 Å². The minimum absolute atomic E-state index is 0. The van der Waals surface area contributed by atoms with Gasteiger partial charge in [-0.05, 0) is 30.5 Å². The molecule has 0 amide bonds. The van der Waals surface area contributed by atoms with Crippen molar-refractivity contribution in [2.75, 3.05) is 0 Å². The zero-order chi connectivity index (χ0) is 12.2. The second-order valence-electron chi connectivity index (χ2n) is 3.69. The summed E-state index contributed by atoms with van der Waals surface area (Å²) >= 11 is 2.39. The molecular formula is C11H18INO3S. The highest BCUT2D eigenvalue weighted by Crippen LogP contribution is 2.17. The van der Waals surface area contributed by atoms with E-state index < -0.39 is 10.1 Å². The highest BCUT2D eigenvalue weighted by atomic mass is 127. The van der Waals surface area contributed by atoms with Crippen LogP contribution in [0.5, 0.6) is 0 Å². The molecule has 0 saturated heterocycles. The van der Waals surface area contributed by atoms with Crippen LogP contribution >= 0.6 is 22.6 Å². The molecule has 1 aromatic carbocycles. The number of rotatable bonds is 5. The molecule has 6 heteroatoms. The maximum absolute atomic E-state index is 10.7. The van der Waals surface area contributed by atoms with Crippen LogP contribution < -0.4 is 6.15 Å². The summed E-state index contributed by atoms with van der Waals surface area (Å²) in [6, 6.07) is 6.19. The van der Waals surface area contributed by atoms with Gasteiger partial charge in [-0.25, -0.2) is 8.42 Å². The lowest BCUT2D eigenvalue weighted by Gasteiger charge is -2.10. The van der Waals surface area contributed by atoms with Crippen molar-refractivity contribution in [2.24, 2.45) is 0 Å². The summed E-state index contributed by atoms with van der Waals surface area (Å²) in [6.07, 6.45) is 3.19. The van der Waals surface area contributed by atoms with Crippen LogP contribution in [0.2, 0.25) is 0 Å². The van der Waals surface area contributed by atoms with Gasteiger partial charge in [-0.15, -0.1) is 0 Å². The summed E-state index contributed by atoms with van der Waals surface area (Å²) < 4.78 is 32.7. The maximum Gasteiger partial charge on any atom is 0.124 e. The van der Waals surface area contributed by atoms with E-state index in [-0.39, 0.29) is 11.0 Å². The van der Waals surface area contributed by atoms with Crippen LogP contribution in [0.4, 0.5) is 0 Å². The highest BCUT2D eigenvalue weighted by molar-refractivity contribution is 14.1. The lowest BCUT2D eigenvalue weighted by atomic mass is 10.1. The van der Waals surface area contributed by atoms with E-state index in [9.17, 15) is 13.0 Å². The summed E-state index contributed by atoms with van der Waals surface area (Å²) in [7, 11) is -4.31. The van der Waals surface area contributed by atoms with Gasteiger partial charge in [0.15, 0.2) is 0 Å². The van der Waals surface area contributed by atoms with Gasteiger partial charge in [-0.3, -0.25) is 0 Å². The molecule has 17 heavy (non-hydrogen) atoms. The number of quaternary nitrogens is 1. The Bertz CT molecular complexity index is 431. The normalized spacial score (nSPS) is 12.9. The van der Waals surface area contributed by atoms with E-state index in [0.29, 0.717) is 3.92 Å². The molecule has 1 atom stereocenters. The molecule has 0 aliphatic heterocycles. The Balaban J connectivity index is 0.00000256. The third kappa shape index (κ3) is 5.80. The quantitative estimate of drug-likeness (QED) is 0.490. The van der Waals surface area contributed by atoms with Crippen molar-refractivity contribution < 1.29 is 13.0 Å². The summed E-state index contributed by atoms with van der Waals surface area (Å²) in [6.45, 7) is 2.14. The van der Waals surface area contributed by atoms with Crippen molar-refractivity contribution in [2.45, 2.75) is 35.0 Å². The largest absolute Gasteiger partial charge is 0.744 e. The van der Waals surface area contributed by atoms with Crippen LogP contribution in [0.15, 0.2) is 29.2 Å². The minimum Gasteiger partial charge on any atom is -0.744 e. The number of hydrogen-bond acceptors (Lipinski definition) is 3. The van der Waals surface area contributed by atoms with Crippen LogP contribution in [0, 0.1) is 0 Å². The number of hydrogen-bond donors (Lipinski definition) is 1. The van der Waals surface area contributed by atoms with Crippen molar-refractivity contribution in [3.8, 4) is 0 Å². The Morgan fingerprint density at radius 3 is 2.24 bits per heavy atom. The molecule has 0 radical (unpaired) electrons. The van der Waals surface area contributed by atoms with E-state index >= 15 is 0 Å². The van der Waals surface area contributed by atoms with Crippen molar-refractivity contribution in [1.82, 2.24) is 6.15 Å². The van der Waals surface area contributed by atoms with Gasteiger partial charge in [0, 0.05) is 3.92 Å². The smallest absolute Gasteiger partial charge is 0.124 e. The predicted octanol–water partition coefficient (Wildman–Crippen LogP) is 3.11. The number of halogens is 1. The first-order chi connectivity index (χ1) is 7.43. The average Bonchev–Trinajstić information content (AvgIpc) is 2.17. The van der Waals surface area contributed by atoms with Crippen LogP contribution in [0.25, 0.3) is 0 Å². The molecule has 1 aromatic rings. The van der Waals surface area contributed by atoms with Gasteiger partial charge in [-0.2, -0.15) is 0 Å². The van der Waals surface area contributed by atoms with Gasteiger partial charge in [0.1, 0.15) is 10.1 Å². The van der Waals surface area contributed by atoms with Crippen molar-refractivity contribution >= 4 is 32.7 Å². The topological polar surface area (TPSA) is 93.7 Å². The van der Waals surface area contributed by atoms with Crippen molar-refractivity contribution in [3.05, 3.63) is 29.8 Å². The Kier molecular flexibility index (Phi) is 7.22. The van der Waals surface area contributed by atoms with Gasteiger partial charge in [0.25, 0.3) is 0 Å². The second kappa shape index (κ2) is 7.30. The molecule has 0 fully saturated rings. The Hall–Kier alpha value is -0.180. The van der Waals surface area contributed by atoms with Crippen molar-refractivity contribution in [3.63, 3.8) is 0 Å². The SMILES string of the molecule is CCCC(I)Cc1ccc(S(=O)(=O)[O-])cc1.[NH4+]. The van der Waals surface area contributed by atoms with Gasteiger partial charge < -0.3 is 10.7 Å².